The number of rotatable bonds is 3. The van der Waals surface area contributed by atoms with Gasteiger partial charge >= 0.3 is 0 Å². The van der Waals surface area contributed by atoms with Gasteiger partial charge in [0.25, 0.3) is 0 Å². The van der Waals surface area contributed by atoms with Crippen molar-refractivity contribution < 1.29 is 0 Å². The van der Waals surface area contributed by atoms with Crippen molar-refractivity contribution in [1.82, 2.24) is 18.7 Å². The van der Waals surface area contributed by atoms with Crippen LogP contribution in [0.15, 0.2) is 18.6 Å². The molecule has 0 unspecified atom stereocenters. The first-order valence-corrected chi connectivity index (χ1v) is 7.18. The Morgan fingerprint density at radius 3 is 2.47 bits per heavy atom. The fourth-order valence-electron chi connectivity index (χ4n) is 2.22. The van der Waals surface area contributed by atoms with E-state index in [1.807, 2.05) is 6.20 Å². The smallest absolute Gasteiger partial charge is 0.162 e. The summed E-state index contributed by atoms with van der Waals surface area (Å²) in [4.78, 5) is 13.2. The van der Waals surface area contributed by atoms with Crippen molar-refractivity contribution in [3.05, 3.63) is 24.3 Å². The van der Waals surface area contributed by atoms with Crippen LogP contribution >= 0.6 is 11.7 Å². The van der Waals surface area contributed by atoms with Gasteiger partial charge in [0, 0.05) is 37.9 Å². The van der Waals surface area contributed by atoms with E-state index < -0.39 is 0 Å². The molecule has 2 aromatic rings. The average molecular weight is 276 g/mol. The molecule has 1 aliphatic rings. The van der Waals surface area contributed by atoms with Gasteiger partial charge in [-0.2, -0.15) is 8.75 Å². The predicted molar refractivity (Wildman–Crippen MR) is 75.7 cm³/mol. The maximum Gasteiger partial charge on any atom is 0.162 e. The Labute approximate surface area is 116 Å². The SMILES string of the molecule is CCc1cc(N2CCN(c3cnsn3)CC2)ncn1. The van der Waals surface area contributed by atoms with Crippen molar-refractivity contribution >= 4 is 23.4 Å². The maximum absolute atomic E-state index is 4.37. The Kier molecular flexibility index (Phi) is 3.54. The highest BCUT2D eigenvalue weighted by atomic mass is 32.1. The first kappa shape index (κ1) is 12.3. The number of hydrogen-bond donors (Lipinski definition) is 0. The molecule has 0 spiro atoms. The summed E-state index contributed by atoms with van der Waals surface area (Å²) in [6.07, 6.45) is 4.44. The Balaban J connectivity index is 1.66. The summed E-state index contributed by atoms with van der Waals surface area (Å²) in [5.74, 6) is 2.02. The third-order valence-corrected chi connectivity index (χ3v) is 3.82. The van der Waals surface area contributed by atoms with E-state index in [2.05, 4.69) is 41.5 Å². The zero-order valence-corrected chi connectivity index (χ0v) is 11.7. The molecule has 0 radical (unpaired) electrons. The molecule has 6 nitrogen and oxygen atoms in total. The summed E-state index contributed by atoms with van der Waals surface area (Å²) >= 11 is 1.26. The molecule has 0 saturated carbocycles. The molecule has 0 aliphatic carbocycles. The molecule has 2 aromatic heterocycles. The highest BCUT2D eigenvalue weighted by Gasteiger charge is 2.19. The highest BCUT2D eigenvalue weighted by molar-refractivity contribution is 6.99. The van der Waals surface area contributed by atoms with Crippen LogP contribution in [-0.4, -0.2) is 44.9 Å². The molecule has 1 aliphatic heterocycles. The van der Waals surface area contributed by atoms with E-state index in [9.17, 15) is 0 Å². The standard InChI is InChI=1S/C12H16N6S/c1-2-10-7-11(14-9-13-10)17-3-5-18(6-4-17)12-8-15-19-16-12/h7-9H,2-6H2,1H3. The van der Waals surface area contributed by atoms with Gasteiger partial charge in [0.2, 0.25) is 0 Å². The number of aromatic nitrogens is 4. The van der Waals surface area contributed by atoms with Crippen LogP contribution in [0.1, 0.15) is 12.6 Å². The van der Waals surface area contributed by atoms with E-state index >= 15 is 0 Å². The van der Waals surface area contributed by atoms with Crippen LogP contribution in [0.3, 0.4) is 0 Å². The van der Waals surface area contributed by atoms with E-state index in [-0.39, 0.29) is 0 Å². The fraction of sp³-hybridized carbons (Fsp3) is 0.500. The van der Waals surface area contributed by atoms with Crippen molar-refractivity contribution in [2.24, 2.45) is 0 Å². The molecule has 1 fully saturated rings. The van der Waals surface area contributed by atoms with E-state index in [1.165, 1.54) is 11.7 Å². The van der Waals surface area contributed by atoms with Gasteiger partial charge < -0.3 is 9.80 Å². The van der Waals surface area contributed by atoms with Gasteiger partial charge in [-0.15, -0.1) is 0 Å². The summed E-state index contributed by atoms with van der Waals surface area (Å²) in [6.45, 7) is 5.93. The largest absolute Gasteiger partial charge is 0.353 e. The van der Waals surface area contributed by atoms with Crippen molar-refractivity contribution in [2.45, 2.75) is 13.3 Å². The van der Waals surface area contributed by atoms with E-state index in [1.54, 1.807) is 6.33 Å². The van der Waals surface area contributed by atoms with Crippen LogP contribution in [0.4, 0.5) is 11.6 Å². The molecular weight excluding hydrogens is 260 g/mol. The molecule has 3 heterocycles. The second-order valence-electron chi connectivity index (χ2n) is 4.46. The highest BCUT2D eigenvalue weighted by Crippen LogP contribution is 2.17. The lowest BCUT2D eigenvalue weighted by Gasteiger charge is -2.35. The zero-order chi connectivity index (χ0) is 13.1. The van der Waals surface area contributed by atoms with Crippen molar-refractivity contribution in [2.75, 3.05) is 36.0 Å². The average Bonchev–Trinajstić information content (AvgIpc) is 3.02. The quantitative estimate of drug-likeness (QED) is 0.840. The van der Waals surface area contributed by atoms with Crippen molar-refractivity contribution in [3.63, 3.8) is 0 Å². The third-order valence-electron chi connectivity index (χ3n) is 3.35. The first-order chi connectivity index (χ1) is 9.36. The van der Waals surface area contributed by atoms with Crippen LogP contribution in [-0.2, 0) is 6.42 Å². The molecule has 0 N–H and O–H groups in total. The predicted octanol–water partition coefficient (Wildman–Crippen LogP) is 1.22. The van der Waals surface area contributed by atoms with Gasteiger partial charge in [0.1, 0.15) is 12.1 Å². The van der Waals surface area contributed by atoms with Gasteiger partial charge in [-0.25, -0.2) is 9.97 Å². The normalized spacial score (nSPS) is 15.8. The molecule has 19 heavy (non-hydrogen) atoms. The number of anilines is 2. The Morgan fingerprint density at radius 2 is 1.84 bits per heavy atom. The minimum Gasteiger partial charge on any atom is -0.353 e. The molecule has 7 heteroatoms. The minimum atomic E-state index is 0.944. The minimum absolute atomic E-state index is 0.944. The Bertz CT molecular complexity index is 521. The monoisotopic (exact) mass is 276 g/mol. The summed E-state index contributed by atoms with van der Waals surface area (Å²) < 4.78 is 8.33. The molecule has 0 aromatic carbocycles. The number of aryl methyl sites for hydroxylation is 1. The lowest BCUT2D eigenvalue weighted by atomic mass is 10.2. The van der Waals surface area contributed by atoms with Crippen LogP contribution in [0, 0.1) is 0 Å². The molecule has 0 atom stereocenters. The molecule has 0 bridgehead atoms. The van der Waals surface area contributed by atoms with Gasteiger partial charge in [-0.1, -0.05) is 6.92 Å². The summed E-state index contributed by atoms with van der Waals surface area (Å²) in [5, 5.41) is 0. The lowest BCUT2D eigenvalue weighted by molar-refractivity contribution is 0.642. The zero-order valence-electron chi connectivity index (χ0n) is 10.9. The molecule has 0 amide bonds. The summed E-state index contributed by atoms with van der Waals surface area (Å²) in [7, 11) is 0. The van der Waals surface area contributed by atoms with E-state index in [0.717, 1.165) is 49.9 Å². The molecule has 1 saturated heterocycles. The van der Waals surface area contributed by atoms with Crippen LogP contribution < -0.4 is 9.80 Å². The lowest BCUT2D eigenvalue weighted by Crippen LogP contribution is -2.47. The third kappa shape index (κ3) is 2.65. The molecule has 3 rings (SSSR count). The first-order valence-electron chi connectivity index (χ1n) is 6.45. The van der Waals surface area contributed by atoms with Crippen LogP contribution in [0.2, 0.25) is 0 Å². The van der Waals surface area contributed by atoms with Gasteiger partial charge in [-0.05, 0) is 6.42 Å². The van der Waals surface area contributed by atoms with Gasteiger partial charge in [0.15, 0.2) is 5.82 Å². The van der Waals surface area contributed by atoms with Crippen molar-refractivity contribution in [3.8, 4) is 0 Å². The second kappa shape index (κ2) is 5.48. The number of nitrogens with zero attached hydrogens (tertiary/aromatic N) is 6. The van der Waals surface area contributed by atoms with Gasteiger partial charge in [0.05, 0.1) is 17.9 Å². The molecular formula is C12H16N6S. The Hall–Kier alpha value is -1.76. The maximum atomic E-state index is 4.37. The summed E-state index contributed by atoms with van der Waals surface area (Å²) in [5.41, 5.74) is 1.09. The number of hydrogen-bond acceptors (Lipinski definition) is 7. The van der Waals surface area contributed by atoms with Crippen LogP contribution in [0.25, 0.3) is 0 Å². The number of piperazine rings is 1. The Morgan fingerprint density at radius 1 is 1.11 bits per heavy atom. The van der Waals surface area contributed by atoms with E-state index in [4.69, 9.17) is 0 Å². The summed E-state index contributed by atoms with van der Waals surface area (Å²) in [6, 6.07) is 2.08. The van der Waals surface area contributed by atoms with E-state index in [0.29, 0.717) is 0 Å². The van der Waals surface area contributed by atoms with Crippen molar-refractivity contribution in [1.29, 1.82) is 0 Å². The molecule has 100 valence electrons. The van der Waals surface area contributed by atoms with Crippen LogP contribution in [0.5, 0.6) is 0 Å². The topological polar surface area (TPSA) is 58.0 Å². The van der Waals surface area contributed by atoms with Gasteiger partial charge in [-0.3, -0.25) is 0 Å². The fourth-order valence-corrected chi connectivity index (χ4v) is 2.65. The second-order valence-corrected chi connectivity index (χ2v) is 5.02.